The van der Waals surface area contributed by atoms with E-state index in [9.17, 15) is 4.79 Å². The number of hydrogen-bond donors (Lipinski definition) is 1. The highest BCUT2D eigenvalue weighted by atomic mass is 35.5. The molecule has 18 heavy (non-hydrogen) atoms. The molecule has 1 aromatic rings. The van der Waals surface area contributed by atoms with Gasteiger partial charge in [0.1, 0.15) is 0 Å². The Kier molecular flexibility index (Phi) is 5.28. The number of carbonyl (C=O) groups is 1. The average Bonchev–Trinajstić information content (AvgIpc) is 2.39. The molecule has 0 saturated heterocycles. The predicted molar refractivity (Wildman–Crippen MR) is 72.6 cm³/mol. The van der Waals surface area contributed by atoms with Crippen molar-refractivity contribution in [3.8, 4) is 11.5 Å². The second kappa shape index (κ2) is 6.50. The average molecular weight is 272 g/mol. The van der Waals surface area contributed by atoms with Crippen molar-refractivity contribution in [1.82, 2.24) is 0 Å². The molecule has 0 unspecified atom stereocenters. The lowest BCUT2D eigenvalue weighted by Crippen LogP contribution is -2.19. The lowest BCUT2D eigenvalue weighted by atomic mass is 10.1. The molecule has 0 bridgehead atoms. The van der Waals surface area contributed by atoms with E-state index in [0.717, 1.165) is 6.42 Å². The van der Waals surface area contributed by atoms with E-state index in [4.69, 9.17) is 21.1 Å². The molecule has 0 aliphatic rings. The van der Waals surface area contributed by atoms with Crippen LogP contribution in [0.2, 0.25) is 5.02 Å². The number of amides is 1. The van der Waals surface area contributed by atoms with Gasteiger partial charge in [-0.25, -0.2) is 0 Å². The van der Waals surface area contributed by atoms with Crippen LogP contribution >= 0.6 is 11.6 Å². The molecule has 0 aliphatic carbocycles. The van der Waals surface area contributed by atoms with Gasteiger partial charge in [-0.15, -0.1) is 0 Å². The van der Waals surface area contributed by atoms with Gasteiger partial charge in [-0.2, -0.15) is 0 Å². The Labute approximate surface area is 112 Å². The zero-order valence-corrected chi connectivity index (χ0v) is 11.8. The lowest BCUT2D eigenvalue weighted by Gasteiger charge is -2.14. The summed E-state index contributed by atoms with van der Waals surface area (Å²) in [6.45, 7) is 3.82. The summed E-state index contributed by atoms with van der Waals surface area (Å²) in [5, 5.41) is 3.20. The van der Waals surface area contributed by atoms with Gasteiger partial charge < -0.3 is 14.8 Å². The lowest BCUT2D eigenvalue weighted by molar-refractivity contribution is -0.119. The number of rotatable bonds is 5. The standard InChI is InChI=1S/C13H18ClNO3/c1-5-8(2)13(16)15-10-7-12(18-4)11(17-3)6-9(10)14/h6-8H,5H2,1-4H3,(H,15,16)/t8-/m1/s1. The van der Waals surface area contributed by atoms with Crippen LogP contribution in [-0.4, -0.2) is 20.1 Å². The number of benzene rings is 1. The number of nitrogens with one attached hydrogen (secondary N) is 1. The van der Waals surface area contributed by atoms with Crippen molar-refractivity contribution in [3.05, 3.63) is 17.2 Å². The molecular formula is C13H18ClNO3. The van der Waals surface area contributed by atoms with Crippen molar-refractivity contribution in [2.45, 2.75) is 20.3 Å². The maximum absolute atomic E-state index is 11.8. The van der Waals surface area contributed by atoms with Gasteiger partial charge in [0.2, 0.25) is 5.91 Å². The van der Waals surface area contributed by atoms with Crippen molar-refractivity contribution in [1.29, 1.82) is 0 Å². The van der Waals surface area contributed by atoms with Gasteiger partial charge in [0, 0.05) is 18.1 Å². The minimum atomic E-state index is -0.0633. The molecule has 1 N–H and O–H groups in total. The van der Waals surface area contributed by atoms with Crippen molar-refractivity contribution in [2.24, 2.45) is 5.92 Å². The van der Waals surface area contributed by atoms with Crippen LogP contribution in [0, 0.1) is 5.92 Å². The zero-order valence-electron chi connectivity index (χ0n) is 11.0. The highest BCUT2D eigenvalue weighted by Crippen LogP contribution is 2.36. The van der Waals surface area contributed by atoms with E-state index in [1.165, 1.54) is 14.2 Å². The molecule has 1 aromatic carbocycles. The zero-order chi connectivity index (χ0) is 13.7. The van der Waals surface area contributed by atoms with E-state index in [0.29, 0.717) is 22.2 Å². The Morgan fingerprint density at radius 3 is 2.39 bits per heavy atom. The molecule has 0 fully saturated rings. The second-order valence-electron chi connectivity index (χ2n) is 3.99. The quantitative estimate of drug-likeness (QED) is 0.893. The molecule has 0 heterocycles. The fraction of sp³-hybridized carbons (Fsp3) is 0.462. The third kappa shape index (κ3) is 3.29. The monoisotopic (exact) mass is 271 g/mol. The summed E-state index contributed by atoms with van der Waals surface area (Å²) in [6.07, 6.45) is 0.775. The fourth-order valence-corrected chi connectivity index (χ4v) is 1.59. The molecule has 100 valence electrons. The normalized spacial score (nSPS) is 11.8. The Morgan fingerprint density at radius 2 is 1.89 bits per heavy atom. The van der Waals surface area contributed by atoms with Gasteiger partial charge in [-0.1, -0.05) is 25.4 Å². The number of halogens is 1. The Balaban J connectivity index is 2.99. The minimum Gasteiger partial charge on any atom is -0.493 e. The Bertz CT molecular complexity index is 434. The van der Waals surface area contributed by atoms with Crippen LogP contribution in [0.4, 0.5) is 5.69 Å². The number of methoxy groups -OCH3 is 2. The summed E-state index contributed by atoms with van der Waals surface area (Å²) in [5.74, 6) is 0.936. The number of carbonyl (C=O) groups excluding carboxylic acids is 1. The molecule has 0 radical (unpaired) electrons. The van der Waals surface area contributed by atoms with Crippen molar-refractivity contribution >= 4 is 23.2 Å². The van der Waals surface area contributed by atoms with E-state index in [-0.39, 0.29) is 11.8 Å². The van der Waals surface area contributed by atoms with Gasteiger partial charge >= 0.3 is 0 Å². The molecule has 0 saturated carbocycles. The number of anilines is 1. The van der Waals surface area contributed by atoms with Gasteiger partial charge in [0.05, 0.1) is 24.9 Å². The van der Waals surface area contributed by atoms with E-state index < -0.39 is 0 Å². The summed E-state index contributed by atoms with van der Waals surface area (Å²) in [4.78, 5) is 11.8. The predicted octanol–water partition coefficient (Wildman–Crippen LogP) is 3.34. The minimum absolute atomic E-state index is 0.0610. The van der Waals surface area contributed by atoms with Crippen LogP contribution in [0.5, 0.6) is 11.5 Å². The van der Waals surface area contributed by atoms with E-state index in [1.807, 2.05) is 13.8 Å². The molecule has 1 rings (SSSR count). The smallest absolute Gasteiger partial charge is 0.227 e. The largest absolute Gasteiger partial charge is 0.493 e. The van der Waals surface area contributed by atoms with Gasteiger partial charge in [-0.05, 0) is 6.42 Å². The third-order valence-corrected chi connectivity index (χ3v) is 3.10. The molecule has 4 nitrogen and oxygen atoms in total. The van der Waals surface area contributed by atoms with Crippen molar-refractivity contribution in [2.75, 3.05) is 19.5 Å². The van der Waals surface area contributed by atoms with E-state index >= 15 is 0 Å². The Hall–Kier alpha value is -1.42. The highest BCUT2D eigenvalue weighted by Gasteiger charge is 2.15. The van der Waals surface area contributed by atoms with Crippen LogP contribution in [0.25, 0.3) is 0 Å². The Morgan fingerprint density at radius 1 is 1.33 bits per heavy atom. The van der Waals surface area contributed by atoms with Crippen molar-refractivity contribution < 1.29 is 14.3 Å². The first-order chi connectivity index (χ1) is 8.53. The van der Waals surface area contributed by atoms with Gasteiger partial charge in [0.25, 0.3) is 0 Å². The summed E-state index contributed by atoms with van der Waals surface area (Å²) in [6, 6.07) is 3.27. The third-order valence-electron chi connectivity index (χ3n) is 2.79. The molecule has 0 aliphatic heterocycles. The summed E-state index contributed by atoms with van der Waals surface area (Å²) in [5.41, 5.74) is 0.527. The molecule has 1 atom stereocenters. The maximum atomic E-state index is 11.8. The maximum Gasteiger partial charge on any atom is 0.227 e. The topological polar surface area (TPSA) is 47.6 Å². The van der Waals surface area contributed by atoms with Crippen LogP contribution in [0.15, 0.2) is 12.1 Å². The molecule has 0 spiro atoms. The van der Waals surface area contributed by atoms with Crippen LogP contribution in [-0.2, 0) is 4.79 Å². The summed E-state index contributed by atoms with van der Waals surface area (Å²) < 4.78 is 10.3. The number of ether oxygens (including phenoxy) is 2. The SMILES string of the molecule is CC[C@@H](C)C(=O)Nc1cc(OC)c(OC)cc1Cl. The van der Waals surface area contributed by atoms with Crippen LogP contribution in [0.1, 0.15) is 20.3 Å². The van der Waals surface area contributed by atoms with Crippen molar-refractivity contribution in [3.63, 3.8) is 0 Å². The highest BCUT2D eigenvalue weighted by molar-refractivity contribution is 6.34. The van der Waals surface area contributed by atoms with Crippen LogP contribution < -0.4 is 14.8 Å². The second-order valence-corrected chi connectivity index (χ2v) is 4.39. The molecule has 5 heteroatoms. The number of hydrogen-bond acceptors (Lipinski definition) is 3. The first-order valence-electron chi connectivity index (χ1n) is 5.75. The first kappa shape index (κ1) is 14.6. The first-order valence-corrected chi connectivity index (χ1v) is 6.13. The van der Waals surface area contributed by atoms with E-state index in [2.05, 4.69) is 5.32 Å². The molecule has 0 aromatic heterocycles. The molecule has 1 amide bonds. The van der Waals surface area contributed by atoms with Crippen LogP contribution in [0.3, 0.4) is 0 Å². The summed E-state index contributed by atoms with van der Waals surface area (Å²) in [7, 11) is 3.07. The van der Waals surface area contributed by atoms with Gasteiger partial charge in [-0.3, -0.25) is 4.79 Å². The summed E-state index contributed by atoms with van der Waals surface area (Å²) >= 11 is 6.08. The van der Waals surface area contributed by atoms with Gasteiger partial charge in [0.15, 0.2) is 11.5 Å². The fourth-order valence-electron chi connectivity index (χ4n) is 1.39. The molecular weight excluding hydrogens is 254 g/mol. The van der Waals surface area contributed by atoms with E-state index in [1.54, 1.807) is 12.1 Å².